The first-order valence-electron chi connectivity index (χ1n) is 8.22. The molecule has 0 aliphatic heterocycles. The van der Waals surface area contributed by atoms with E-state index in [0.29, 0.717) is 22.0 Å². The minimum absolute atomic E-state index is 0.177. The topological polar surface area (TPSA) is 75.0 Å². The molecule has 2 aromatic carbocycles. The molecule has 1 amide bonds. The number of amides is 1. The number of hydrogen-bond acceptors (Lipinski definition) is 5. The van der Waals surface area contributed by atoms with Crippen LogP contribution in [-0.2, 0) is 4.79 Å². The maximum atomic E-state index is 13.0. The van der Waals surface area contributed by atoms with Gasteiger partial charge in [0.05, 0.1) is 23.8 Å². The Kier molecular flexibility index (Phi) is 6.08. The van der Waals surface area contributed by atoms with Gasteiger partial charge in [-0.2, -0.15) is 5.26 Å². The van der Waals surface area contributed by atoms with Crippen molar-refractivity contribution in [1.29, 1.82) is 5.26 Å². The molecule has 0 saturated carbocycles. The number of nitrogens with zero attached hydrogens (tertiary/aromatic N) is 2. The molecule has 5 nitrogen and oxygen atoms in total. The summed E-state index contributed by atoms with van der Waals surface area (Å²) in [6.07, 6.45) is 1.57. The fourth-order valence-corrected chi connectivity index (χ4v) is 3.49. The molecule has 0 saturated heterocycles. The van der Waals surface area contributed by atoms with Gasteiger partial charge >= 0.3 is 0 Å². The highest BCUT2D eigenvalue weighted by molar-refractivity contribution is 8.00. The van der Waals surface area contributed by atoms with Crippen LogP contribution < -0.4 is 10.1 Å². The molecule has 1 atom stereocenters. The summed E-state index contributed by atoms with van der Waals surface area (Å²) in [5.74, 6) is 0.490. The van der Waals surface area contributed by atoms with Gasteiger partial charge in [0.2, 0.25) is 5.91 Å². The number of benzene rings is 2. The van der Waals surface area contributed by atoms with Gasteiger partial charge in [0.1, 0.15) is 11.0 Å². The van der Waals surface area contributed by atoms with Crippen molar-refractivity contribution in [2.45, 2.75) is 10.3 Å². The van der Waals surface area contributed by atoms with Gasteiger partial charge in [0.15, 0.2) is 0 Å². The monoisotopic (exact) mass is 375 g/mol. The van der Waals surface area contributed by atoms with Crippen LogP contribution in [0, 0.1) is 11.3 Å². The van der Waals surface area contributed by atoms with Gasteiger partial charge in [-0.05, 0) is 29.8 Å². The summed E-state index contributed by atoms with van der Waals surface area (Å²) < 4.78 is 5.21. The van der Waals surface area contributed by atoms with Gasteiger partial charge in [0.25, 0.3) is 0 Å². The lowest BCUT2D eigenvalue weighted by atomic mass is 10.1. The van der Waals surface area contributed by atoms with Gasteiger partial charge in [-0.1, -0.05) is 48.2 Å². The predicted octanol–water partition coefficient (Wildman–Crippen LogP) is 4.43. The average Bonchev–Trinajstić information content (AvgIpc) is 2.73. The second kappa shape index (κ2) is 8.88. The zero-order valence-corrected chi connectivity index (χ0v) is 15.4. The van der Waals surface area contributed by atoms with E-state index in [4.69, 9.17) is 10.00 Å². The smallest absolute Gasteiger partial charge is 0.242 e. The normalized spacial score (nSPS) is 11.3. The van der Waals surface area contributed by atoms with Gasteiger partial charge in [0, 0.05) is 18.0 Å². The van der Waals surface area contributed by atoms with Crippen LogP contribution in [0.25, 0.3) is 0 Å². The van der Waals surface area contributed by atoms with E-state index in [2.05, 4.69) is 16.4 Å². The van der Waals surface area contributed by atoms with Crippen LogP contribution in [0.5, 0.6) is 5.75 Å². The van der Waals surface area contributed by atoms with E-state index in [-0.39, 0.29) is 5.91 Å². The molecule has 0 aliphatic rings. The van der Waals surface area contributed by atoms with E-state index in [0.717, 1.165) is 5.56 Å². The molecule has 1 N–H and O–H groups in total. The number of aromatic nitrogens is 1. The van der Waals surface area contributed by atoms with Gasteiger partial charge < -0.3 is 10.1 Å². The Morgan fingerprint density at radius 2 is 1.96 bits per heavy atom. The number of ether oxygens (including phenoxy) is 1. The Balaban J connectivity index is 1.87. The van der Waals surface area contributed by atoms with E-state index >= 15 is 0 Å². The van der Waals surface area contributed by atoms with Crippen molar-refractivity contribution in [3.05, 3.63) is 84.1 Å². The summed E-state index contributed by atoms with van der Waals surface area (Å²) in [5, 5.41) is 12.1. The maximum Gasteiger partial charge on any atom is 0.242 e. The molecule has 1 aromatic heterocycles. The van der Waals surface area contributed by atoms with E-state index < -0.39 is 5.25 Å². The first-order valence-corrected chi connectivity index (χ1v) is 9.10. The molecule has 0 fully saturated rings. The number of anilines is 1. The summed E-state index contributed by atoms with van der Waals surface area (Å²) in [7, 11) is 1.58. The second-order valence-electron chi connectivity index (χ2n) is 5.62. The molecule has 27 heavy (non-hydrogen) atoms. The minimum atomic E-state index is -0.515. The molecule has 0 radical (unpaired) electrons. The van der Waals surface area contributed by atoms with Crippen molar-refractivity contribution in [3.8, 4) is 11.8 Å². The SMILES string of the molecule is COc1cccc(NC(=O)C(Sc2cc(C#N)ccn2)c2ccccc2)c1. The third-order valence-electron chi connectivity index (χ3n) is 3.78. The van der Waals surface area contributed by atoms with Crippen LogP contribution in [0.2, 0.25) is 0 Å². The van der Waals surface area contributed by atoms with Crippen molar-refractivity contribution < 1.29 is 9.53 Å². The summed E-state index contributed by atoms with van der Waals surface area (Å²) in [6, 6.07) is 22.1. The van der Waals surface area contributed by atoms with E-state index in [1.807, 2.05) is 48.5 Å². The molecule has 0 aliphatic carbocycles. The lowest BCUT2D eigenvalue weighted by Gasteiger charge is -2.17. The van der Waals surface area contributed by atoms with Crippen LogP contribution in [-0.4, -0.2) is 18.0 Å². The number of nitrogens with one attached hydrogen (secondary N) is 1. The zero-order chi connectivity index (χ0) is 19.1. The van der Waals surface area contributed by atoms with Crippen molar-refractivity contribution >= 4 is 23.4 Å². The summed E-state index contributed by atoms with van der Waals surface area (Å²) in [4.78, 5) is 17.3. The summed E-state index contributed by atoms with van der Waals surface area (Å²) in [6.45, 7) is 0. The third-order valence-corrected chi connectivity index (χ3v) is 4.97. The number of carbonyl (C=O) groups is 1. The standard InChI is InChI=1S/C21H17N3O2S/c1-26-18-9-5-8-17(13-18)24-21(25)20(16-6-3-2-4-7-16)27-19-12-15(14-22)10-11-23-19/h2-13,20H,1H3,(H,24,25). The molecule has 3 rings (SSSR count). The Morgan fingerprint density at radius 1 is 1.15 bits per heavy atom. The Bertz CT molecular complexity index is 970. The number of rotatable bonds is 6. The Labute approximate surface area is 162 Å². The van der Waals surface area contributed by atoms with Crippen molar-refractivity contribution in [2.75, 3.05) is 12.4 Å². The van der Waals surface area contributed by atoms with Crippen molar-refractivity contribution in [1.82, 2.24) is 4.98 Å². The van der Waals surface area contributed by atoms with E-state index in [9.17, 15) is 4.79 Å². The molecular weight excluding hydrogens is 358 g/mol. The molecular formula is C21H17N3O2S. The molecule has 0 spiro atoms. The van der Waals surface area contributed by atoms with Crippen LogP contribution in [0.3, 0.4) is 0 Å². The number of hydrogen-bond donors (Lipinski definition) is 1. The molecule has 0 bridgehead atoms. The van der Waals surface area contributed by atoms with Crippen molar-refractivity contribution in [2.24, 2.45) is 0 Å². The zero-order valence-electron chi connectivity index (χ0n) is 14.6. The average molecular weight is 375 g/mol. The van der Waals surface area contributed by atoms with E-state index in [1.165, 1.54) is 11.8 Å². The highest BCUT2D eigenvalue weighted by Crippen LogP contribution is 2.35. The van der Waals surface area contributed by atoms with Crippen molar-refractivity contribution in [3.63, 3.8) is 0 Å². The van der Waals surface area contributed by atoms with Crippen LogP contribution >= 0.6 is 11.8 Å². The Hall–Kier alpha value is -3.30. The number of pyridine rings is 1. The van der Waals surface area contributed by atoms with Gasteiger partial charge in [-0.3, -0.25) is 4.79 Å². The first kappa shape index (κ1) is 18.5. The van der Waals surface area contributed by atoms with Crippen LogP contribution in [0.1, 0.15) is 16.4 Å². The fraction of sp³-hybridized carbons (Fsp3) is 0.0952. The quantitative estimate of drug-likeness (QED) is 0.645. The largest absolute Gasteiger partial charge is 0.497 e. The second-order valence-corrected chi connectivity index (χ2v) is 6.75. The molecule has 1 unspecified atom stereocenters. The highest BCUT2D eigenvalue weighted by Gasteiger charge is 2.23. The lowest BCUT2D eigenvalue weighted by molar-refractivity contribution is -0.115. The summed E-state index contributed by atoms with van der Waals surface area (Å²) >= 11 is 1.30. The molecule has 1 heterocycles. The molecule has 3 aromatic rings. The van der Waals surface area contributed by atoms with Gasteiger partial charge in [-0.25, -0.2) is 4.98 Å². The third kappa shape index (κ3) is 4.87. The summed E-state index contributed by atoms with van der Waals surface area (Å²) in [5.41, 5.74) is 2.01. The fourth-order valence-electron chi connectivity index (χ4n) is 2.47. The predicted molar refractivity (Wildman–Crippen MR) is 106 cm³/mol. The highest BCUT2D eigenvalue weighted by atomic mass is 32.2. The molecule has 134 valence electrons. The van der Waals surface area contributed by atoms with Crippen LogP contribution in [0.15, 0.2) is 78.0 Å². The molecule has 6 heteroatoms. The minimum Gasteiger partial charge on any atom is -0.497 e. The Morgan fingerprint density at radius 3 is 2.70 bits per heavy atom. The van der Waals surface area contributed by atoms with Crippen LogP contribution in [0.4, 0.5) is 5.69 Å². The maximum absolute atomic E-state index is 13.0. The number of carbonyl (C=O) groups excluding carboxylic acids is 1. The lowest BCUT2D eigenvalue weighted by Crippen LogP contribution is -2.19. The number of methoxy groups -OCH3 is 1. The number of thioether (sulfide) groups is 1. The first-order chi connectivity index (χ1) is 13.2. The number of nitriles is 1. The van der Waals surface area contributed by atoms with E-state index in [1.54, 1.807) is 31.5 Å². The van der Waals surface area contributed by atoms with Gasteiger partial charge in [-0.15, -0.1) is 0 Å².